The van der Waals surface area contributed by atoms with Gasteiger partial charge in [-0.25, -0.2) is 0 Å². The molecule has 1 N–H and O–H groups in total. The number of fused-ring (bicyclic) bond motifs is 5. The van der Waals surface area contributed by atoms with Crippen molar-refractivity contribution in [2.75, 3.05) is 32.1 Å². The van der Waals surface area contributed by atoms with Gasteiger partial charge in [-0.05, 0) is 68.5 Å². The second kappa shape index (κ2) is 8.63. The zero-order chi connectivity index (χ0) is 25.0. The molecule has 4 heterocycles. The molecule has 2 aromatic carbocycles. The number of benzene rings is 2. The molecule has 1 fully saturated rings. The van der Waals surface area contributed by atoms with Crippen LogP contribution < -0.4 is 4.90 Å². The van der Waals surface area contributed by atoms with E-state index in [2.05, 4.69) is 86.7 Å². The number of aliphatic hydroxyl groups is 1. The molecule has 2 aliphatic rings. The maximum Gasteiger partial charge on any atom is 0.185 e. The zero-order valence-electron chi connectivity index (χ0n) is 20.7. The summed E-state index contributed by atoms with van der Waals surface area (Å²) in [5.41, 5.74) is 7.15. The highest BCUT2D eigenvalue weighted by Gasteiger charge is 2.36. The van der Waals surface area contributed by atoms with Gasteiger partial charge >= 0.3 is 0 Å². The van der Waals surface area contributed by atoms with Crippen molar-refractivity contribution in [3.05, 3.63) is 72.2 Å². The van der Waals surface area contributed by atoms with Gasteiger partial charge in [-0.3, -0.25) is 4.57 Å². The maximum atomic E-state index is 10.8. The fourth-order valence-electron chi connectivity index (χ4n) is 5.50. The molecule has 182 valence electrons. The van der Waals surface area contributed by atoms with Crippen molar-refractivity contribution in [1.29, 1.82) is 5.26 Å². The SMILES string of the molecule is C[C@H]([C@H]1CN(c2ccc3c(c2)Cn2cc(-c4ccc(C#N)cc4)cc2-c2nncn2-3)C[C@@H]1O)N(C)C. The Hall–Kier alpha value is -3.93. The van der Waals surface area contributed by atoms with Gasteiger partial charge in [-0.2, -0.15) is 5.26 Å². The first-order valence-corrected chi connectivity index (χ1v) is 12.3. The van der Waals surface area contributed by atoms with E-state index in [1.807, 2.05) is 24.3 Å². The highest BCUT2D eigenvalue weighted by molar-refractivity contribution is 5.72. The van der Waals surface area contributed by atoms with E-state index in [4.69, 9.17) is 5.26 Å². The molecular formula is C28H29N7O. The number of β-amino-alcohol motifs (C(OH)–C–C–N with tert-alkyl or cyclic N) is 1. The van der Waals surface area contributed by atoms with Crippen LogP contribution in [-0.4, -0.2) is 68.7 Å². The summed E-state index contributed by atoms with van der Waals surface area (Å²) >= 11 is 0. The molecule has 2 aliphatic heterocycles. The standard InChI is InChI=1S/C28H29N7O/c1-18(32(2)3)24-15-33(16-27(24)36)23-8-9-25-22(10-23)14-34-13-21(20-6-4-19(12-29)5-7-20)11-26(34)28-31-30-17-35(25)28/h4-11,13,17-18,24,27,36H,14-16H2,1-3H3/t18-,24-,27+/m1/s1. The Balaban J connectivity index is 1.36. The van der Waals surface area contributed by atoms with E-state index in [9.17, 15) is 5.11 Å². The molecule has 0 unspecified atom stereocenters. The summed E-state index contributed by atoms with van der Waals surface area (Å²) in [6.45, 7) is 4.35. The van der Waals surface area contributed by atoms with Gasteiger partial charge in [0.15, 0.2) is 5.82 Å². The third-order valence-corrected chi connectivity index (χ3v) is 7.82. The lowest BCUT2D eigenvalue weighted by molar-refractivity contribution is 0.0973. The summed E-state index contributed by atoms with van der Waals surface area (Å²) in [5.74, 6) is 1.01. The van der Waals surface area contributed by atoms with Gasteiger partial charge < -0.3 is 19.5 Å². The fourth-order valence-corrected chi connectivity index (χ4v) is 5.50. The predicted molar refractivity (Wildman–Crippen MR) is 139 cm³/mol. The van der Waals surface area contributed by atoms with Gasteiger partial charge in [0.1, 0.15) is 6.33 Å². The molecule has 1 saturated heterocycles. The summed E-state index contributed by atoms with van der Waals surface area (Å²) < 4.78 is 4.27. The lowest BCUT2D eigenvalue weighted by atomic mass is 9.97. The number of aromatic nitrogens is 4. The van der Waals surface area contributed by atoms with E-state index in [0.29, 0.717) is 24.7 Å². The quantitative estimate of drug-likeness (QED) is 0.425. The van der Waals surface area contributed by atoms with Gasteiger partial charge in [-0.15, -0.1) is 10.2 Å². The molecule has 0 radical (unpaired) electrons. The minimum absolute atomic E-state index is 0.203. The van der Waals surface area contributed by atoms with Crippen molar-refractivity contribution in [2.45, 2.75) is 25.6 Å². The Morgan fingerprint density at radius 1 is 1.08 bits per heavy atom. The maximum absolute atomic E-state index is 10.8. The first kappa shape index (κ1) is 22.5. The van der Waals surface area contributed by atoms with E-state index >= 15 is 0 Å². The molecule has 0 amide bonds. The van der Waals surface area contributed by atoms with Crippen LogP contribution in [0.25, 0.3) is 28.3 Å². The molecule has 0 spiro atoms. The number of hydrogen-bond donors (Lipinski definition) is 1. The topological polar surface area (TPSA) is 86.1 Å². The lowest BCUT2D eigenvalue weighted by Crippen LogP contribution is -2.38. The van der Waals surface area contributed by atoms with E-state index in [-0.39, 0.29) is 12.0 Å². The Morgan fingerprint density at radius 3 is 2.64 bits per heavy atom. The van der Waals surface area contributed by atoms with Gasteiger partial charge in [0.25, 0.3) is 0 Å². The molecule has 4 aromatic rings. The fraction of sp³-hybridized carbons (Fsp3) is 0.321. The van der Waals surface area contributed by atoms with Crippen molar-refractivity contribution in [1.82, 2.24) is 24.2 Å². The average Bonchev–Trinajstić information content (AvgIpc) is 3.60. The molecule has 8 nitrogen and oxygen atoms in total. The lowest BCUT2D eigenvalue weighted by Gasteiger charge is -2.28. The highest BCUT2D eigenvalue weighted by Crippen LogP contribution is 2.36. The molecule has 2 aromatic heterocycles. The van der Waals surface area contributed by atoms with Crippen molar-refractivity contribution in [3.63, 3.8) is 0 Å². The number of nitrogens with zero attached hydrogens (tertiary/aromatic N) is 7. The molecule has 6 rings (SSSR count). The summed E-state index contributed by atoms with van der Waals surface area (Å²) in [7, 11) is 4.14. The van der Waals surface area contributed by atoms with Gasteiger partial charge in [-0.1, -0.05) is 12.1 Å². The summed E-state index contributed by atoms with van der Waals surface area (Å²) in [6, 6.07) is 18.8. The number of nitriles is 1. The minimum atomic E-state index is -0.350. The van der Waals surface area contributed by atoms with Gasteiger partial charge in [0.05, 0.1) is 29.1 Å². The second-order valence-electron chi connectivity index (χ2n) is 10.1. The number of aliphatic hydroxyl groups excluding tert-OH is 1. The van der Waals surface area contributed by atoms with Crippen LogP contribution in [-0.2, 0) is 6.54 Å². The van der Waals surface area contributed by atoms with Crippen LogP contribution in [0.4, 0.5) is 5.69 Å². The second-order valence-corrected chi connectivity index (χ2v) is 10.1. The Kier molecular flexibility index (Phi) is 5.40. The van der Waals surface area contributed by atoms with Crippen molar-refractivity contribution >= 4 is 5.69 Å². The van der Waals surface area contributed by atoms with Crippen molar-refractivity contribution in [3.8, 4) is 34.4 Å². The van der Waals surface area contributed by atoms with Gasteiger partial charge in [0.2, 0.25) is 0 Å². The monoisotopic (exact) mass is 479 g/mol. The number of hydrogen-bond acceptors (Lipinski definition) is 6. The largest absolute Gasteiger partial charge is 0.391 e. The van der Waals surface area contributed by atoms with Crippen LogP contribution in [0.3, 0.4) is 0 Å². The molecule has 0 bridgehead atoms. The van der Waals surface area contributed by atoms with Gasteiger partial charge in [0, 0.05) is 49.0 Å². The van der Waals surface area contributed by atoms with E-state index in [1.54, 1.807) is 6.33 Å². The van der Waals surface area contributed by atoms with Crippen molar-refractivity contribution in [2.24, 2.45) is 5.92 Å². The summed E-state index contributed by atoms with van der Waals surface area (Å²) in [4.78, 5) is 4.48. The van der Waals surface area contributed by atoms with Crippen LogP contribution in [0.2, 0.25) is 0 Å². The number of anilines is 1. The zero-order valence-corrected chi connectivity index (χ0v) is 20.7. The smallest absolute Gasteiger partial charge is 0.185 e. The average molecular weight is 480 g/mol. The van der Waals surface area contributed by atoms with Crippen LogP contribution >= 0.6 is 0 Å². The normalized spacial score (nSPS) is 19.4. The molecule has 0 saturated carbocycles. The Morgan fingerprint density at radius 2 is 1.89 bits per heavy atom. The van der Waals surface area contributed by atoms with Crippen LogP contribution in [0, 0.1) is 17.2 Å². The summed E-state index contributed by atoms with van der Waals surface area (Å²) in [6.07, 6.45) is 3.56. The first-order chi connectivity index (χ1) is 17.4. The van der Waals surface area contributed by atoms with Crippen LogP contribution in [0.15, 0.2) is 61.1 Å². The van der Waals surface area contributed by atoms with E-state index < -0.39 is 0 Å². The van der Waals surface area contributed by atoms with E-state index in [0.717, 1.165) is 40.6 Å². The molecule has 3 atom stereocenters. The van der Waals surface area contributed by atoms with E-state index in [1.165, 1.54) is 5.56 Å². The van der Waals surface area contributed by atoms with Crippen LogP contribution in [0.1, 0.15) is 18.1 Å². The third-order valence-electron chi connectivity index (χ3n) is 7.82. The predicted octanol–water partition coefficient (Wildman–Crippen LogP) is 3.38. The van der Waals surface area contributed by atoms with Crippen LogP contribution in [0.5, 0.6) is 0 Å². The third kappa shape index (κ3) is 3.68. The Bertz CT molecular complexity index is 1460. The molecule has 0 aliphatic carbocycles. The number of rotatable bonds is 4. The summed E-state index contributed by atoms with van der Waals surface area (Å²) in [5, 5.41) is 28.6. The highest BCUT2D eigenvalue weighted by atomic mass is 16.3. The Labute approximate surface area is 210 Å². The molecule has 8 heteroatoms. The van der Waals surface area contributed by atoms with Crippen molar-refractivity contribution < 1.29 is 5.11 Å². The molecule has 36 heavy (non-hydrogen) atoms. The first-order valence-electron chi connectivity index (χ1n) is 12.3. The molecular weight excluding hydrogens is 450 g/mol. The minimum Gasteiger partial charge on any atom is -0.391 e.